The second kappa shape index (κ2) is 7.88. The van der Waals surface area contributed by atoms with E-state index < -0.39 is 23.7 Å². The SMILES string of the molecule is CC(=O)NCCN(C(=O)c1cc(F)cc(Br)c1)C(C)C(=O)O. The predicted octanol–water partition coefficient (Wildman–Crippen LogP) is 1.64. The average molecular weight is 375 g/mol. The molecule has 1 atom stereocenters. The number of aliphatic carboxylic acids is 1. The summed E-state index contributed by atoms with van der Waals surface area (Å²) in [5.41, 5.74) is 0.0304. The Morgan fingerprint density at radius 3 is 2.50 bits per heavy atom. The zero-order valence-electron chi connectivity index (χ0n) is 12.1. The molecule has 6 nitrogen and oxygen atoms in total. The van der Waals surface area contributed by atoms with E-state index in [1.807, 2.05) is 0 Å². The Kier molecular flexibility index (Phi) is 6.48. The van der Waals surface area contributed by atoms with Crippen LogP contribution in [0.5, 0.6) is 0 Å². The Labute approximate surface area is 135 Å². The van der Waals surface area contributed by atoms with Crippen molar-refractivity contribution in [1.82, 2.24) is 10.2 Å². The van der Waals surface area contributed by atoms with Gasteiger partial charge in [0.2, 0.25) is 5.91 Å². The molecule has 0 saturated carbocycles. The number of hydrogen-bond donors (Lipinski definition) is 2. The number of carboxylic acids is 1. The fourth-order valence-electron chi connectivity index (χ4n) is 1.80. The third kappa shape index (κ3) is 5.10. The summed E-state index contributed by atoms with van der Waals surface area (Å²) in [4.78, 5) is 35.5. The molecule has 0 bridgehead atoms. The van der Waals surface area contributed by atoms with Crippen LogP contribution in [-0.2, 0) is 9.59 Å². The topological polar surface area (TPSA) is 86.7 Å². The number of nitrogens with zero attached hydrogens (tertiary/aromatic N) is 1. The van der Waals surface area contributed by atoms with E-state index in [0.29, 0.717) is 4.47 Å². The van der Waals surface area contributed by atoms with Gasteiger partial charge in [-0.15, -0.1) is 0 Å². The highest BCUT2D eigenvalue weighted by atomic mass is 79.9. The number of carboxylic acid groups (broad SMARTS) is 1. The third-order valence-electron chi connectivity index (χ3n) is 2.92. The van der Waals surface area contributed by atoms with E-state index in [1.54, 1.807) is 0 Å². The normalized spacial score (nSPS) is 11.6. The van der Waals surface area contributed by atoms with Gasteiger partial charge in [0.25, 0.3) is 5.91 Å². The number of amides is 2. The van der Waals surface area contributed by atoms with Gasteiger partial charge in [-0.05, 0) is 25.1 Å². The van der Waals surface area contributed by atoms with Crippen LogP contribution in [0.4, 0.5) is 4.39 Å². The zero-order chi connectivity index (χ0) is 16.9. The Morgan fingerprint density at radius 2 is 2.00 bits per heavy atom. The quantitative estimate of drug-likeness (QED) is 0.792. The summed E-state index contributed by atoms with van der Waals surface area (Å²) < 4.78 is 13.8. The van der Waals surface area contributed by atoms with E-state index in [-0.39, 0.29) is 24.6 Å². The molecule has 0 heterocycles. The molecular weight excluding hydrogens is 359 g/mol. The van der Waals surface area contributed by atoms with Gasteiger partial charge in [0.15, 0.2) is 0 Å². The number of benzene rings is 1. The molecule has 0 aliphatic carbocycles. The van der Waals surface area contributed by atoms with Crippen molar-refractivity contribution in [3.8, 4) is 0 Å². The van der Waals surface area contributed by atoms with Gasteiger partial charge < -0.3 is 15.3 Å². The van der Waals surface area contributed by atoms with Crippen LogP contribution in [0.3, 0.4) is 0 Å². The van der Waals surface area contributed by atoms with Gasteiger partial charge >= 0.3 is 5.97 Å². The first-order chi connectivity index (χ1) is 10.2. The summed E-state index contributed by atoms with van der Waals surface area (Å²) in [5, 5.41) is 11.6. The van der Waals surface area contributed by atoms with Crippen LogP contribution in [0.25, 0.3) is 0 Å². The lowest BCUT2D eigenvalue weighted by Crippen LogP contribution is -2.46. The van der Waals surface area contributed by atoms with E-state index in [0.717, 1.165) is 11.0 Å². The Hall–Kier alpha value is -1.96. The van der Waals surface area contributed by atoms with Gasteiger partial charge in [-0.25, -0.2) is 9.18 Å². The largest absolute Gasteiger partial charge is 0.480 e. The maximum atomic E-state index is 13.4. The van der Waals surface area contributed by atoms with E-state index in [1.165, 1.54) is 26.0 Å². The highest BCUT2D eigenvalue weighted by molar-refractivity contribution is 9.10. The highest BCUT2D eigenvalue weighted by Gasteiger charge is 2.26. The van der Waals surface area contributed by atoms with Crippen molar-refractivity contribution in [2.45, 2.75) is 19.9 Å². The number of nitrogens with one attached hydrogen (secondary N) is 1. The van der Waals surface area contributed by atoms with Crippen molar-refractivity contribution in [1.29, 1.82) is 0 Å². The first-order valence-corrected chi connectivity index (χ1v) is 7.26. The Balaban J connectivity index is 3.00. The molecule has 0 radical (unpaired) electrons. The third-order valence-corrected chi connectivity index (χ3v) is 3.38. The second-order valence-corrected chi connectivity index (χ2v) is 5.57. The maximum Gasteiger partial charge on any atom is 0.326 e. The molecule has 2 amide bonds. The van der Waals surface area contributed by atoms with Gasteiger partial charge in [-0.3, -0.25) is 9.59 Å². The van der Waals surface area contributed by atoms with Gasteiger partial charge in [-0.1, -0.05) is 15.9 Å². The minimum atomic E-state index is -1.19. The van der Waals surface area contributed by atoms with Crippen LogP contribution in [0.15, 0.2) is 22.7 Å². The van der Waals surface area contributed by atoms with Gasteiger partial charge in [-0.2, -0.15) is 0 Å². The number of halogens is 2. The van der Waals surface area contributed by atoms with Crippen LogP contribution in [0.2, 0.25) is 0 Å². The molecule has 22 heavy (non-hydrogen) atoms. The van der Waals surface area contributed by atoms with Crippen LogP contribution < -0.4 is 5.32 Å². The molecule has 2 N–H and O–H groups in total. The van der Waals surface area contributed by atoms with Crippen molar-refractivity contribution in [3.05, 3.63) is 34.1 Å². The smallest absolute Gasteiger partial charge is 0.326 e. The second-order valence-electron chi connectivity index (χ2n) is 4.65. The lowest BCUT2D eigenvalue weighted by molar-refractivity contribution is -0.141. The molecule has 1 aromatic carbocycles. The predicted molar refractivity (Wildman–Crippen MR) is 80.9 cm³/mol. The molecule has 0 aromatic heterocycles. The van der Waals surface area contributed by atoms with E-state index in [9.17, 15) is 18.8 Å². The fraction of sp³-hybridized carbons (Fsp3) is 0.357. The highest BCUT2D eigenvalue weighted by Crippen LogP contribution is 2.17. The average Bonchev–Trinajstić information content (AvgIpc) is 2.40. The molecule has 0 aliphatic rings. The standard InChI is InChI=1S/C14H16BrFN2O4/c1-8(14(21)22)18(4-3-17-9(2)19)13(20)10-5-11(15)7-12(16)6-10/h5-8H,3-4H2,1-2H3,(H,17,19)(H,21,22). The first kappa shape index (κ1) is 18.1. The summed E-state index contributed by atoms with van der Waals surface area (Å²) in [6.07, 6.45) is 0. The zero-order valence-corrected chi connectivity index (χ0v) is 13.7. The Bertz CT molecular complexity index is 574. The van der Waals surface area contributed by atoms with Crippen LogP contribution in [0, 0.1) is 5.82 Å². The monoisotopic (exact) mass is 374 g/mol. The summed E-state index contributed by atoms with van der Waals surface area (Å²) in [6, 6.07) is 2.53. The minimum Gasteiger partial charge on any atom is -0.480 e. The number of hydrogen-bond acceptors (Lipinski definition) is 3. The summed E-state index contributed by atoms with van der Waals surface area (Å²) in [7, 11) is 0. The first-order valence-electron chi connectivity index (χ1n) is 6.46. The molecule has 1 aromatic rings. The molecule has 1 unspecified atom stereocenters. The molecular formula is C14H16BrFN2O4. The van der Waals surface area contributed by atoms with Crippen molar-refractivity contribution in [2.24, 2.45) is 0 Å². The summed E-state index contributed by atoms with van der Waals surface area (Å²) in [6.45, 7) is 2.77. The minimum absolute atomic E-state index is 0.0000123. The fourth-order valence-corrected chi connectivity index (χ4v) is 2.27. The van der Waals surface area contributed by atoms with Crippen molar-refractivity contribution in [2.75, 3.05) is 13.1 Å². The lowest BCUT2D eigenvalue weighted by Gasteiger charge is -2.26. The van der Waals surface area contributed by atoms with Gasteiger partial charge in [0.05, 0.1) is 0 Å². The molecule has 0 aliphatic heterocycles. The van der Waals surface area contributed by atoms with E-state index >= 15 is 0 Å². The van der Waals surface area contributed by atoms with Crippen molar-refractivity contribution >= 4 is 33.7 Å². The van der Waals surface area contributed by atoms with E-state index in [4.69, 9.17) is 5.11 Å². The molecule has 1 rings (SSSR count). The van der Waals surface area contributed by atoms with E-state index in [2.05, 4.69) is 21.2 Å². The summed E-state index contributed by atoms with van der Waals surface area (Å²) >= 11 is 3.08. The van der Waals surface area contributed by atoms with Crippen molar-refractivity contribution in [3.63, 3.8) is 0 Å². The molecule has 0 spiro atoms. The summed E-state index contributed by atoms with van der Waals surface area (Å²) in [5.74, 6) is -2.71. The van der Waals surface area contributed by atoms with Crippen LogP contribution in [-0.4, -0.2) is 46.9 Å². The van der Waals surface area contributed by atoms with Gasteiger partial charge in [0, 0.05) is 30.0 Å². The maximum absolute atomic E-state index is 13.4. The Morgan fingerprint density at radius 1 is 1.36 bits per heavy atom. The van der Waals surface area contributed by atoms with Crippen LogP contribution >= 0.6 is 15.9 Å². The van der Waals surface area contributed by atoms with Gasteiger partial charge in [0.1, 0.15) is 11.9 Å². The molecule has 120 valence electrons. The number of carbonyl (C=O) groups is 3. The molecule has 0 saturated heterocycles. The number of rotatable bonds is 6. The molecule has 0 fully saturated rings. The van der Waals surface area contributed by atoms with Crippen molar-refractivity contribution < 1.29 is 23.9 Å². The molecule has 8 heteroatoms. The number of carbonyl (C=O) groups excluding carboxylic acids is 2. The lowest BCUT2D eigenvalue weighted by atomic mass is 10.1. The van der Waals surface area contributed by atoms with Crippen LogP contribution in [0.1, 0.15) is 24.2 Å².